The summed E-state index contributed by atoms with van der Waals surface area (Å²) in [5.41, 5.74) is 0.547. The molecule has 0 bridgehead atoms. The van der Waals surface area contributed by atoms with Crippen LogP contribution in [0.1, 0.15) is 20.3 Å². The molecule has 1 aromatic carbocycles. The number of nitrogens with zero attached hydrogens (tertiary/aromatic N) is 2. The molecular formula is C15H21N3O. The Bertz CT molecular complexity index is 469. The molecule has 0 saturated carbocycles. The molecule has 0 saturated heterocycles. The zero-order chi connectivity index (χ0) is 13.7. The largest absolute Gasteiger partial charge is 0.491 e. The predicted octanol–water partition coefficient (Wildman–Crippen LogP) is 2.17. The summed E-state index contributed by atoms with van der Waals surface area (Å²) in [4.78, 5) is 2.24. The molecule has 0 aliphatic carbocycles. The number of hydrogen-bond donors (Lipinski definition) is 1. The molecule has 0 spiro atoms. The molecule has 2 rings (SSSR count). The average molecular weight is 259 g/mol. The van der Waals surface area contributed by atoms with Crippen molar-refractivity contribution < 1.29 is 4.74 Å². The maximum absolute atomic E-state index is 9.39. The Hall–Kier alpha value is -1.73. The third kappa shape index (κ3) is 3.18. The number of rotatable bonds is 4. The fourth-order valence-corrected chi connectivity index (χ4v) is 2.47. The van der Waals surface area contributed by atoms with E-state index in [-0.39, 0.29) is 0 Å². The molecule has 1 N–H and O–H groups in total. The van der Waals surface area contributed by atoms with Gasteiger partial charge in [-0.2, -0.15) is 5.26 Å². The lowest BCUT2D eigenvalue weighted by Crippen LogP contribution is -2.50. The summed E-state index contributed by atoms with van der Waals surface area (Å²) in [5, 5.41) is 12.7. The van der Waals surface area contributed by atoms with E-state index in [4.69, 9.17) is 4.74 Å². The summed E-state index contributed by atoms with van der Waals surface area (Å²) >= 11 is 0. The van der Waals surface area contributed by atoms with Gasteiger partial charge >= 0.3 is 0 Å². The van der Waals surface area contributed by atoms with Gasteiger partial charge < -0.3 is 9.64 Å². The van der Waals surface area contributed by atoms with Crippen LogP contribution in [0.5, 0.6) is 5.75 Å². The first kappa shape index (κ1) is 13.7. The van der Waals surface area contributed by atoms with Gasteiger partial charge in [0.05, 0.1) is 18.4 Å². The number of likely N-dealkylation sites (N-methyl/N-ethyl adjacent to an activating group) is 1. The molecule has 0 amide bonds. The molecular weight excluding hydrogens is 238 g/mol. The lowest BCUT2D eigenvalue weighted by Gasteiger charge is -2.32. The van der Waals surface area contributed by atoms with Crippen molar-refractivity contribution in [3.8, 4) is 11.8 Å². The highest BCUT2D eigenvalue weighted by molar-refractivity contribution is 5.59. The van der Waals surface area contributed by atoms with Gasteiger partial charge in [0.2, 0.25) is 0 Å². The zero-order valence-corrected chi connectivity index (χ0v) is 11.6. The first-order valence-corrected chi connectivity index (χ1v) is 6.81. The SMILES string of the molecule is CCNC(C)(C#N)CN1CCCOc2ccccc21. The van der Waals surface area contributed by atoms with Crippen LogP contribution in [0.25, 0.3) is 0 Å². The Kier molecular flexibility index (Phi) is 4.28. The Morgan fingerprint density at radius 1 is 1.47 bits per heavy atom. The molecule has 4 heteroatoms. The summed E-state index contributed by atoms with van der Waals surface area (Å²) in [7, 11) is 0. The van der Waals surface area contributed by atoms with Crippen molar-refractivity contribution in [2.75, 3.05) is 31.1 Å². The zero-order valence-electron chi connectivity index (χ0n) is 11.6. The van der Waals surface area contributed by atoms with Crippen LogP contribution in [0, 0.1) is 11.3 Å². The molecule has 0 aromatic heterocycles. The number of hydrogen-bond acceptors (Lipinski definition) is 4. The predicted molar refractivity (Wildman–Crippen MR) is 76.5 cm³/mol. The summed E-state index contributed by atoms with van der Waals surface area (Å²) in [6.07, 6.45) is 0.975. The second-order valence-electron chi connectivity index (χ2n) is 5.07. The van der Waals surface area contributed by atoms with Crippen LogP contribution in [0.3, 0.4) is 0 Å². The van der Waals surface area contributed by atoms with Crippen LogP contribution >= 0.6 is 0 Å². The van der Waals surface area contributed by atoms with Crippen molar-refractivity contribution in [2.45, 2.75) is 25.8 Å². The van der Waals surface area contributed by atoms with E-state index in [9.17, 15) is 5.26 Å². The van der Waals surface area contributed by atoms with Gasteiger partial charge in [-0.25, -0.2) is 0 Å². The molecule has 1 aliphatic heterocycles. The number of para-hydroxylation sites is 2. The van der Waals surface area contributed by atoms with Gasteiger partial charge in [0, 0.05) is 13.1 Å². The van der Waals surface area contributed by atoms with Crippen LogP contribution in [0.2, 0.25) is 0 Å². The van der Waals surface area contributed by atoms with E-state index in [1.165, 1.54) is 0 Å². The van der Waals surface area contributed by atoms with Crippen LogP contribution < -0.4 is 15.0 Å². The van der Waals surface area contributed by atoms with Crippen molar-refractivity contribution in [1.29, 1.82) is 5.26 Å². The monoisotopic (exact) mass is 259 g/mol. The van der Waals surface area contributed by atoms with Crippen molar-refractivity contribution in [3.05, 3.63) is 24.3 Å². The van der Waals surface area contributed by atoms with Crippen LogP contribution in [0.4, 0.5) is 5.69 Å². The minimum Gasteiger partial charge on any atom is -0.491 e. The topological polar surface area (TPSA) is 48.3 Å². The molecule has 1 heterocycles. The van der Waals surface area contributed by atoms with Gasteiger partial charge in [0.15, 0.2) is 0 Å². The average Bonchev–Trinajstić information content (AvgIpc) is 2.62. The highest BCUT2D eigenvalue weighted by atomic mass is 16.5. The van der Waals surface area contributed by atoms with E-state index in [1.807, 2.05) is 32.0 Å². The summed E-state index contributed by atoms with van der Waals surface area (Å²) in [5.74, 6) is 0.914. The van der Waals surface area contributed by atoms with Crippen molar-refractivity contribution in [1.82, 2.24) is 5.32 Å². The third-order valence-corrected chi connectivity index (χ3v) is 3.36. The second-order valence-corrected chi connectivity index (χ2v) is 5.07. The number of benzene rings is 1. The fraction of sp³-hybridized carbons (Fsp3) is 0.533. The van der Waals surface area contributed by atoms with Crippen LogP contribution in [-0.2, 0) is 0 Å². The molecule has 4 nitrogen and oxygen atoms in total. The van der Waals surface area contributed by atoms with Gasteiger partial charge in [-0.05, 0) is 32.0 Å². The van der Waals surface area contributed by atoms with E-state index >= 15 is 0 Å². The molecule has 1 atom stereocenters. The minimum absolute atomic E-state index is 0.536. The molecule has 0 fully saturated rings. The third-order valence-electron chi connectivity index (χ3n) is 3.36. The summed E-state index contributed by atoms with van der Waals surface area (Å²) in [6, 6.07) is 10.4. The smallest absolute Gasteiger partial charge is 0.142 e. The number of ether oxygens (including phenoxy) is 1. The lowest BCUT2D eigenvalue weighted by molar-refractivity contribution is 0.322. The van der Waals surface area contributed by atoms with Gasteiger partial charge in [-0.1, -0.05) is 19.1 Å². The molecule has 102 valence electrons. The number of fused-ring (bicyclic) bond motifs is 1. The Balaban J connectivity index is 2.23. The number of anilines is 1. The van der Waals surface area contributed by atoms with Crippen molar-refractivity contribution in [2.24, 2.45) is 0 Å². The minimum atomic E-state index is -0.536. The van der Waals surface area contributed by atoms with Crippen LogP contribution in [0.15, 0.2) is 24.3 Å². The van der Waals surface area contributed by atoms with Gasteiger partial charge in [-0.15, -0.1) is 0 Å². The lowest BCUT2D eigenvalue weighted by atomic mass is 10.0. The fourth-order valence-electron chi connectivity index (χ4n) is 2.47. The van der Waals surface area contributed by atoms with Crippen molar-refractivity contribution in [3.63, 3.8) is 0 Å². The standard InChI is InChI=1S/C15H21N3O/c1-3-17-15(2,11-16)12-18-9-6-10-19-14-8-5-4-7-13(14)18/h4-5,7-8,17H,3,6,9-10,12H2,1-2H3. The van der Waals surface area contributed by atoms with Crippen molar-refractivity contribution >= 4 is 5.69 Å². The Labute approximate surface area is 115 Å². The summed E-state index contributed by atoms with van der Waals surface area (Å²) < 4.78 is 5.74. The van der Waals surface area contributed by atoms with E-state index in [1.54, 1.807) is 0 Å². The quantitative estimate of drug-likeness (QED) is 0.900. The maximum Gasteiger partial charge on any atom is 0.142 e. The Morgan fingerprint density at radius 2 is 2.26 bits per heavy atom. The van der Waals surface area contributed by atoms with Crippen LogP contribution in [-0.4, -0.2) is 31.8 Å². The van der Waals surface area contributed by atoms with E-state index in [0.29, 0.717) is 6.54 Å². The van der Waals surface area contributed by atoms with E-state index < -0.39 is 5.54 Å². The van der Waals surface area contributed by atoms with Gasteiger partial charge in [0.25, 0.3) is 0 Å². The Morgan fingerprint density at radius 3 is 3.00 bits per heavy atom. The maximum atomic E-state index is 9.39. The highest BCUT2D eigenvalue weighted by Crippen LogP contribution is 2.31. The molecule has 0 radical (unpaired) electrons. The second kappa shape index (κ2) is 5.94. The molecule has 1 unspecified atom stereocenters. The number of nitrogens with one attached hydrogen (secondary N) is 1. The first-order chi connectivity index (χ1) is 9.18. The van der Waals surface area contributed by atoms with E-state index in [2.05, 4.69) is 22.4 Å². The molecule has 1 aliphatic rings. The molecule has 19 heavy (non-hydrogen) atoms. The van der Waals surface area contributed by atoms with E-state index in [0.717, 1.165) is 37.6 Å². The van der Waals surface area contributed by atoms with Gasteiger partial charge in [0.1, 0.15) is 11.3 Å². The highest BCUT2D eigenvalue weighted by Gasteiger charge is 2.28. The number of nitriles is 1. The molecule has 1 aromatic rings. The summed E-state index contributed by atoms with van der Waals surface area (Å²) in [6.45, 7) is 7.07. The normalized spacial score (nSPS) is 17.6. The first-order valence-electron chi connectivity index (χ1n) is 6.81. The van der Waals surface area contributed by atoms with Gasteiger partial charge in [-0.3, -0.25) is 5.32 Å².